The summed E-state index contributed by atoms with van der Waals surface area (Å²) < 4.78 is 5.05. The highest BCUT2D eigenvalue weighted by Gasteiger charge is 2.09. The highest BCUT2D eigenvalue weighted by molar-refractivity contribution is 7.09. The maximum absolute atomic E-state index is 11.7. The minimum atomic E-state index is 0.130. The van der Waals surface area contributed by atoms with Crippen molar-refractivity contribution in [3.05, 3.63) is 22.4 Å². The number of methoxy groups -OCH3 is 1. The first-order valence-corrected chi connectivity index (χ1v) is 6.95. The summed E-state index contributed by atoms with van der Waals surface area (Å²) in [6.07, 6.45) is 3.41. The lowest BCUT2D eigenvalue weighted by Crippen LogP contribution is -2.37. The molecule has 0 aliphatic rings. The fourth-order valence-electron chi connectivity index (χ4n) is 1.64. The number of rotatable bonds is 8. The van der Waals surface area contributed by atoms with Crippen LogP contribution in [0.25, 0.3) is 0 Å². The lowest BCUT2D eigenvalue weighted by atomic mass is 10.2. The van der Waals surface area contributed by atoms with E-state index in [0.717, 1.165) is 19.3 Å². The van der Waals surface area contributed by atoms with Crippen LogP contribution in [0.5, 0.6) is 0 Å². The molecule has 0 fully saturated rings. The second-order valence-electron chi connectivity index (χ2n) is 4.06. The van der Waals surface area contributed by atoms with Gasteiger partial charge in [0.15, 0.2) is 0 Å². The summed E-state index contributed by atoms with van der Waals surface area (Å²) in [5.41, 5.74) is 0. The molecule has 4 heteroatoms. The highest BCUT2D eigenvalue weighted by atomic mass is 32.1. The van der Waals surface area contributed by atoms with Gasteiger partial charge in [0.2, 0.25) is 5.91 Å². The SMILES string of the molecule is CCC(COC)NC(=O)CCCc1cccs1. The third kappa shape index (κ3) is 5.84. The Balaban J connectivity index is 2.16. The Labute approximate surface area is 107 Å². The van der Waals surface area contributed by atoms with Gasteiger partial charge in [0, 0.05) is 18.4 Å². The molecule has 96 valence electrons. The van der Waals surface area contributed by atoms with Crippen molar-refractivity contribution >= 4 is 17.2 Å². The van der Waals surface area contributed by atoms with E-state index in [1.165, 1.54) is 4.88 Å². The standard InChI is InChI=1S/C13H21NO2S/c1-3-11(10-16-2)14-13(15)8-4-6-12-7-5-9-17-12/h5,7,9,11H,3-4,6,8,10H2,1-2H3,(H,14,15). The Morgan fingerprint density at radius 3 is 3.00 bits per heavy atom. The fraction of sp³-hybridized carbons (Fsp3) is 0.615. The zero-order valence-electron chi connectivity index (χ0n) is 10.6. The molecule has 3 nitrogen and oxygen atoms in total. The molecule has 1 amide bonds. The first-order chi connectivity index (χ1) is 8.26. The molecule has 0 radical (unpaired) electrons. The van der Waals surface area contributed by atoms with Crippen LogP contribution in [0.1, 0.15) is 31.1 Å². The van der Waals surface area contributed by atoms with E-state index >= 15 is 0 Å². The van der Waals surface area contributed by atoms with Crippen molar-refractivity contribution in [2.24, 2.45) is 0 Å². The molecule has 0 spiro atoms. The number of nitrogens with one attached hydrogen (secondary N) is 1. The van der Waals surface area contributed by atoms with E-state index in [2.05, 4.69) is 23.7 Å². The van der Waals surface area contributed by atoms with E-state index in [1.807, 2.05) is 6.07 Å². The Hall–Kier alpha value is -0.870. The van der Waals surface area contributed by atoms with E-state index in [0.29, 0.717) is 13.0 Å². The van der Waals surface area contributed by atoms with Crippen molar-refractivity contribution in [1.82, 2.24) is 5.32 Å². The van der Waals surface area contributed by atoms with E-state index in [4.69, 9.17) is 4.74 Å². The average molecular weight is 255 g/mol. The first-order valence-electron chi connectivity index (χ1n) is 6.07. The van der Waals surface area contributed by atoms with Crippen LogP contribution in [0.2, 0.25) is 0 Å². The van der Waals surface area contributed by atoms with E-state index in [1.54, 1.807) is 18.4 Å². The largest absolute Gasteiger partial charge is 0.383 e. The Morgan fingerprint density at radius 1 is 1.59 bits per heavy atom. The summed E-state index contributed by atoms with van der Waals surface area (Å²) in [7, 11) is 1.66. The first kappa shape index (κ1) is 14.2. The third-order valence-corrected chi connectivity index (χ3v) is 3.57. The van der Waals surface area contributed by atoms with Gasteiger partial charge in [-0.3, -0.25) is 4.79 Å². The summed E-state index contributed by atoms with van der Waals surface area (Å²) in [5.74, 6) is 0.130. The average Bonchev–Trinajstić information content (AvgIpc) is 2.81. The molecule has 0 aliphatic carbocycles. The van der Waals surface area contributed by atoms with Gasteiger partial charge in [0.25, 0.3) is 0 Å². The number of carbonyl (C=O) groups is 1. The number of hydrogen-bond acceptors (Lipinski definition) is 3. The van der Waals surface area contributed by atoms with Gasteiger partial charge in [0.1, 0.15) is 0 Å². The molecule has 0 aromatic carbocycles. The number of thiophene rings is 1. The number of carbonyl (C=O) groups excluding carboxylic acids is 1. The molecule has 1 atom stereocenters. The topological polar surface area (TPSA) is 38.3 Å². The van der Waals surface area contributed by atoms with Crippen molar-refractivity contribution < 1.29 is 9.53 Å². The highest BCUT2D eigenvalue weighted by Crippen LogP contribution is 2.11. The van der Waals surface area contributed by atoms with Crippen LogP contribution in [0.3, 0.4) is 0 Å². The van der Waals surface area contributed by atoms with Gasteiger partial charge in [-0.1, -0.05) is 13.0 Å². The van der Waals surface area contributed by atoms with Crippen molar-refractivity contribution in [2.45, 2.75) is 38.6 Å². The van der Waals surface area contributed by atoms with Gasteiger partial charge in [-0.15, -0.1) is 11.3 Å². The Bertz CT molecular complexity index is 311. The quantitative estimate of drug-likeness (QED) is 0.775. The molecule has 0 aliphatic heterocycles. The Morgan fingerprint density at radius 2 is 2.41 bits per heavy atom. The predicted molar refractivity (Wildman–Crippen MR) is 71.4 cm³/mol. The van der Waals surface area contributed by atoms with Crippen LogP contribution in [-0.2, 0) is 16.0 Å². The van der Waals surface area contributed by atoms with Crippen LogP contribution in [-0.4, -0.2) is 25.7 Å². The molecule has 1 heterocycles. The second-order valence-corrected chi connectivity index (χ2v) is 5.09. The molecule has 1 N–H and O–H groups in total. The van der Waals surface area contributed by atoms with Crippen LogP contribution >= 0.6 is 11.3 Å². The maximum Gasteiger partial charge on any atom is 0.220 e. The van der Waals surface area contributed by atoms with Gasteiger partial charge in [-0.2, -0.15) is 0 Å². The van der Waals surface area contributed by atoms with Crippen LogP contribution in [0, 0.1) is 0 Å². The molecule has 1 rings (SSSR count). The fourth-order valence-corrected chi connectivity index (χ4v) is 2.39. The van der Waals surface area contributed by atoms with Crippen LogP contribution in [0.4, 0.5) is 0 Å². The number of ether oxygens (including phenoxy) is 1. The smallest absolute Gasteiger partial charge is 0.220 e. The van der Waals surface area contributed by atoms with Gasteiger partial charge in [-0.25, -0.2) is 0 Å². The summed E-state index contributed by atoms with van der Waals surface area (Å²) in [5, 5.41) is 5.06. The van der Waals surface area contributed by atoms with Gasteiger partial charge in [-0.05, 0) is 30.7 Å². The monoisotopic (exact) mass is 255 g/mol. The molecule has 1 unspecified atom stereocenters. The summed E-state index contributed by atoms with van der Waals surface area (Å²) in [6, 6.07) is 4.31. The van der Waals surface area contributed by atoms with E-state index in [9.17, 15) is 4.79 Å². The van der Waals surface area contributed by atoms with Gasteiger partial charge < -0.3 is 10.1 Å². The molecule has 17 heavy (non-hydrogen) atoms. The van der Waals surface area contributed by atoms with Crippen molar-refractivity contribution in [3.63, 3.8) is 0 Å². The molecule has 1 aromatic rings. The summed E-state index contributed by atoms with van der Waals surface area (Å²) >= 11 is 1.75. The minimum absolute atomic E-state index is 0.130. The lowest BCUT2D eigenvalue weighted by Gasteiger charge is -2.15. The maximum atomic E-state index is 11.7. The Kier molecular flexibility index (Phi) is 6.89. The molecular weight excluding hydrogens is 234 g/mol. The van der Waals surface area contributed by atoms with E-state index < -0.39 is 0 Å². The number of aryl methyl sites for hydroxylation is 1. The molecule has 0 saturated carbocycles. The molecule has 0 saturated heterocycles. The van der Waals surface area contributed by atoms with Crippen LogP contribution < -0.4 is 5.32 Å². The van der Waals surface area contributed by atoms with Crippen LogP contribution in [0.15, 0.2) is 17.5 Å². The molecule has 1 aromatic heterocycles. The zero-order valence-corrected chi connectivity index (χ0v) is 11.4. The molecule has 0 bridgehead atoms. The molecular formula is C13H21NO2S. The lowest BCUT2D eigenvalue weighted by molar-refractivity contribution is -0.122. The predicted octanol–water partition coefficient (Wildman–Crippen LogP) is 2.61. The van der Waals surface area contributed by atoms with E-state index in [-0.39, 0.29) is 11.9 Å². The minimum Gasteiger partial charge on any atom is -0.383 e. The summed E-state index contributed by atoms with van der Waals surface area (Å²) in [4.78, 5) is 13.0. The van der Waals surface area contributed by atoms with Gasteiger partial charge >= 0.3 is 0 Å². The van der Waals surface area contributed by atoms with Crippen molar-refractivity contribution in [1.29, 1.82) is 0 Å². The summed E-state index contributed by atoms with van der Waals surface area (Å²) in [6.45, 7) is 2.64. The van der Waals surface area contributed by atoms with Crippen molar-refractivity contribution in [2.75, 3.05) is 13.7 Å². The van der Waals surface area contributed by atoms with Crippen molar-refractivity contribution in [3.8, 4) is 0 Å². The normalized spacial score (nSPS) is 12.4. The third-order valence-electron chi connectivity index (χ3n) is 2.63. The zero-order chi connectivity index (χ0) is 12.5. The second kappa shape index (κ2) is 8.25. The number of hydrogen-bond donors (Lipinski definition) is 1. The van der Waals surface area contributed by atoms with Gasteiger partial charge in [0.05, 0.1) is 12.6 Å². The number of amides is 1.